The molecule has 0 N–H and O–H groups in total. The molecule has 0 radical (unpaired) electrons. The van der Waals surface area contributed by atoms with Gasteiger partial charge in [0.15, 0.2) is 0 Å². The van der Waals surface area contributed by atoms with Crippen LogP contribution >= 0.6 is 11.8 Å². The van der Waals surface area contributed by atoms with Gasteiger partial charge in [0.05, 0.1) is 11.7 Å². The van der Waals surface area contributed by atoms with Gasteiger partial charge < -0.3 is 19.4 Å². The molecule has 4 nitrogen and oxygen atoms in total. The molecule has 16 rings (SSSR count). The molecule has 3 aliphatic heterocycles. The normalized spacial score (nSPS) is 19.7. The molecule has 0 fully saturated rings. The zero-order valence-electron chi connectivity index (χ0n) is 44.9. The van der Waals surface area contributed by atoms with Crippen molar-refractivity contribution in [1.29, 1.82) is 0 Å². The highest BCUT2D eigenvalue weighted by molar-refractivity contribution is 8.00. The van der Waals surface area contributed by atoms with E-state index in [9.17, 15) is 0 Å². The maximum atomic E-state index is 7.15. The third-order valence-corrected chi connectivity index (χ3v) is 19.1. The van der Waals surface area contributed by atoms with E-state index in [1.54, 1.807) is 0 Å². The number of nitrogens with zero attached hydrogens (tertiary/aromatic N) is 3. The second-order valence-corrected chi connectivity index (χ2v) is 23.4. The van der Waals surface area contributed by atoms with Crippen molar-refractivity contribution in [2.45, 2.75) is 47.2 Å². The van der Waals surface area contributed by atoms with Crippen LogP contribution < -0.4 is 30.4 Å². The molecule has 0 spiro atoms. The smallest absolute Gasteiger partial charge is 0.228 e. The van der Waals surface area contributed by atoms with Gasteiger partial charge in [-0.3, -0.25) is 0 Å². The summed E-state index contributed by atoms with van der Waals surface area (Å²) in [5.74, 6) is 1.94. The van der Waals surface area contributed by atoms with Gasteiger partial charge in [-0.1, -0.05) is 188 Å². The van der Waals surface area contributed by atoms with E-state index in [4.69, 9.17) is 4.74 Å². The number of benzene rings is 10. The van der Waals surface area contributed by atoms with Crippen molar-refractivity contribution in [3.8, 4) is 22.6 Å². The first kappa shape index (κ1) is 47.7. The molecule has 5 unspecified atom stereocenters. The molecule has 386 valence electrons. The van der Waals surface area contributed by atoms with Crippen molar-refractivity contribution in [2.75, 3.05) is 14.7 Å². The highest BCUT2D eigenvalue weighted by Crippen LogP contribution is 2.64. The number of anilines is 7. The van der Waals surface area contributed by atoms with E-state index in [1.165, 1.54) is 83.0 Å². The van der Waals surface area contributed by atoms with E-state index >= 15 is 0 Å². The lowest BCUT2D eigenvalue weighted by Gasteiger charge is -2.54. The first-order valence-corrected chi connectivity index (χ1v) is 29.4. The molecule has 0 saturated carbocycles. The molecule has 0 amide bonds. The van der Waals surface area contributed by atoms with Gasteiger partial charge in [0.2, 0.25) is 6.71 Å². The Kier molecular flexibility index (Phi) is 11.5. The van der Waals surface area contributed by atoms with Crippen molar-refractivity contribution in [3.63, 3.8) is 0 Å². The molecule has 6 aliphatic rings. The Morgan fingerprint density at radius 1 is 0.519 bits per heavy atom. The van der Waals surface area contributed by atoms with Crippen molar-refractivity contribution in [3.05, 3.63) is 324 Å². The average Bonchev–Trinajstić information content (AvgIpc) is 2.42. The van der Waals surface area contributed by atoms with Gasteiger partial charge in [-0.15, -0.1) is 11.8 Å². The Labute approximate surface area is 479 Å². The average molecular weight is 1060 g/mol. The number of fused-ring (bicyclic) bond motifs is 8. The highest BCUT2D eigenvalue weighted by atomic mass is 32.2. The number of rotatable bonds is 9. The minimum atomic E-state index is -0.0912. The number of para-hydroxylation sites is 7. The summed E-state index contributed by atoms with van der Waals surface area (Å²) in [5.41, 5.74) is 24.2. The number of ether oxygens (including phenoxy) is 1. The quantitative estimate of drug-likeness (QED) is 0.134. The molecular formula is C75H56BN3OS. The van der Waals surface area contributed by atoms with Crippen LogP contribution in [0, 0.1) is 6.92 Å². The summed E-state index contributed by atoms with van der Waals surface area (Å²) < 4.78 is 7.15. The Bertz CT molecular complexity index is 4120. The Balaban J connectivity index is 0.979. The molecule has 0 aromatic heterocycles. The standard InChI is InChI=1S/C75H56BN3OS/c1-49-25-24-39-58(50-26-8-2-9-27-50)71(49)73-61-48-69-64(76-63-40-21-23-42-67(63)80-68-45-57(46-70(81-69)75(68)76)78(53-32-14-5-15-33-53)54-34-16-6-17-35-54)47-60(61)72-59-38-20-22-41-65(59)79(55-36-18-7-19-37-55)66-44-56(43-62(73)74(66)72)77(51-28-10-3-11-29-51)52-30-12-4-13-31-52/h2-43,45-48,64,66,69,72-73H,44H2,1H3. The number of aryl methyl sites for hydroxylation is 1. The molecule has 3 heterocycles. The zero-order chi connectivity index (χ0) is 53.5. The van der Waals surface area contributed by atoms with Crippen LogP contribution in [0.5, 0.6) is 11.5 Å². The van der Waals surface area contributed by atoms with Crippen molar-refractivity contribution < 1.29 is 4.74 Å². The topological polar surface area (TPSA) is 19.0 Å². The van der Waals surface area contributed by atoms with Gasteiger partial charge >= 0.3 is 0 Å². The fraction of sp³-hybridized carbons (Fsp3) is 0.0933. The molecule has 5 atom stereocenters. The third-order valence-electron chi connectivity index (χ3n) is 17.8. The third kappa shape index (κ3) is 7.83. The molecule has 81 heavy (non-hydrogen) atoms. The van der Waals surface area contributed by atoms with Crippen LogP contribution in [0.2, 0.25) is 5.82 Å². The summed E-state index contributed by atoms with van der Waals surface area (Å²) >= 11 is 2.02. The van der Waals surface area contributed by atoms with Crippen LogP contribution in [-0.4, -0.2) is 18.0 Å². The lowest BCUT2D eigenvalue weighted by Crippen LogP contribution is -2.55. The fourth-order valence-electron chi connectivity index (χ4n) is 14.6. The molecule has 0 saturated heterocycles. The minimum Gasteiger partial charge on any atom is -0.458 e. The Morgan fingerprint density at radius 2 is 1.10 bits per heavy atom. The Hall–Kier alpha value is -9.23. The van der Waals surface area contributed by atoms with Crippen LogP contribution in [0.25, 0.3) is 11.1 Å². The fourth-order valence-corrected chi connectivity index (χ4v) is 16.0. The maximum Gasteiger partial charge on any atom is 0.228 e. The predicted molar refractivity (Wildman–Crippen MR) is 338 cm³/mol. The lowest BCUT2D eigenvalue weighted by molar-refractivity contribution is 0.485. The largest absolute Gasteiger partial charge is 0.458 e. The summed E-state index contributed by atoms with van der Waals surface area (Å²) in [4.78, 5) is 8.87. The second-order valence-electron chi connectivity index (χ2n) is 22.2. The monoisotopic (exact) mass is 1060 g/mol. The van der Waals surface area contributed by atoms with Crippen LogP contribution in [0.15, 0.2) is 312 Å². The van der Waals surface area contributed by atoms with Gasteiger partial charge in [0.25, 0.3) is 0 Å². The second kappa shape index (κ2) is 19.5. The van der Waals surface area contributed by atoms with Crippen LogP contribution in [0.1, 0.15) is 34.9 Å². The zero-order valence-corrected chi connectivity index (χ0v) is 45.7. The lowest BCUT2D eigenvalue weighted by atomic mass is 9.31. The highest BCUT2D eigenvalue weighted by Gasteiger charge is 2.53. The summed E-state index contributed by atoms with van der Waals surface area (Å²) in [6.45, 7) is 2.42. The molecule has 0 bridgehead atoms. The molecular weight excluding hydrogens is 1000 g/mol. The SMILES string of the molecule is Cc1cccc(-c2ccccc2)c1C1C2=CC3Sc4cc(N(c5ccccc5)c5ccccc5)cc5c4B(c4ccccc4O5)C3C=C2C2C3=C1C=C(N(c1ccccc1)c1ccccc1)CC3N(c1ccccc1)c1ccccc12. The van der Waals surface area contributed by atoms with E-state index in [-0.39, 0.29) is 35.7 Å². The van der Waals surface area contributed by atoms with Gasteiger partial charge in [-0.2, -0.15) is 0 Å². The van der Waals surface area contributed by atoms with Gasteiger partial charge in [0.1, 0.15) is 11.5 Å². The first-order chi connectivity index (χ1) is 40.1. The summed E-state index contributed by atoms with van der Waals surface area (Å²) in [7, 11) is 0. The number of allylic oxidation sites excluding steroid dienone is 5. The summed E-state index contributed by atoms with van der Waals surface area (Å²) in [6, 6.07) is 95.8. The summed E-state index contributed by atoms with van der Waals surface area (Å²) in [6.07, 6.45) is 8.99. The van der Waals surface area contributed by atoms with E-state index in [0.717, 1.165) is 46.4 Å². The van der Waals surface area contributed by atoms with Crippen molar-refractivity contribution in [1.82, 2.24) is 0 Å². The minimum absolute atomic E-state index is 0.00319. The van der Waals surface area contributed by atoms with E-state index in [0.29, 0.717) is 0 Å². The van der Waals surface area contributed by atoms with Crippen molar-refractivity contribution in [2.24, 2.45) is 0 Å². The van der Waals surface area contributed by atoms with Gasteiger partial charge in [0, 0.05) is 74.3 Å². The maximum absolute atomic E-state index is 7.15. The first-order valence-electron chi connectivity index (χ1n) is 28.5. The van der Waals surface area contributed by atoms with Crippen molar-refractivity contribution >= 4 is 69.2 Å². The van der Waals surface area contributed by atoms with Gasteiger partial charge in [-0.05, 0) is 159 Å². The molecule has 10 aromatic carbocycles. The number of thioether (sulfide) groups is 1. The van der Waals surface area contributed by atoms with E-state index in [2.05, 4.69) is 301 Å². The van der Waals surface area contributed by atoms with E-state index < -0.39 is 0 Å². The summed E-state index contributed by atoms with van der Waals surface area (Å²) in [5, 5.41) is 0.110. The van der Waals surface area contributed by atoms with Gasteiger partial charge in [-0.25, -0.2) is 0 Å². The predicted octanol–water partition coefficient (Wildman–Crippen LogP) is 18.1. The molecule has 3 aliphatic carbocycles. The van der Waals surface area contributed by atoms with Crippen LogP contribution in [-0.2, 0) is 0 Å². The number of hydrogen-bond acceptors (Lipinski definition) is 5. The Morgan fingerprint density at radius 3 is 1.78 bits per heavy atom. The van der Waals surface area contributed by atoms with E-state index in [1.807, 2.05) is 11.8 Å². The van der Waals surface area contributed by atoms with Crippen LogP contribution in [0.4, 0.5) is 39.8 Å². The molecule has 10 aromatic rings. The number of hydrogen-bond donors (Lipinski definition) is 0. The molecule has 6 heteroatoms. The van der Waals surface area contributed by atoms with Crippen LogP contribution in [0.3, 0.4) is 0 Å².